The number of amides is 1. The summed E-state index contributed by atoms with van der Waals surface area (Å²) >= 11 is 0. The largest absolute Gasteiger partial charge is 0.481 e. The summed E-state index contributed by atoms with van der Waals surface area (Å²) in [6.07, 6.45) is 4.08. The van der Waals surface area contributed by atoms with E-state index < -0.39 is 6.10 Å². The van der Waals surface area contributed by atoms with E-state index in [4.69, 9.17) is 4.74 Å². The van der Waals surface area contributed by atoms with Crippen LogP contribution in [-0.2, 0) is 4.79 Å². The predicted octanol–water partition coefficient (Wildman–Crippen LogP) is 4.15. The molecule has 0 saturated heterocycles. The van der Waals surface area contributed by atoms with Crippen LogP contribution in [0.3, 0.4) is 0 Å². The highest BCUT2D eigenvalue weighted by atomic mass is 16.5. The Balaban J connectivity index is 1.51. The van der Waals surface area contributed by atoms with E-state index in [9.17, 15) is 4.79 Å². The molecule has 4 heteroatoms. The van der Waals surface area contributed by atoms with E-state index in [0.717, 1.165) is 23.9 Å². The van der Waals surface area contributed by atoms with Crippen molar-refractivity contribution in [3.05, 3.63) is 42.5 Å². The first-order valence-corrected chi connectivity index (χ1v) is 8.68. The lowest BCUT2D eigenvalue weighted by molar-refractivity contribution is -0.127. The molecule has 1 aliphatic rings. The van der Waals surface area contributed by atoms with E-state index in [1.807, 2.05) is 30.3 Å². The van der Waals surface area contributed by atoms with Gasteiger partial charge in [0.15, 0.2) is 6.10 Å². The van der Waals surface area contributed by atoms with Crippen molar-refractivity contribution in [3.63, 3.8) is 0 Å². The van der Waals surface area contributed by atoms with Gasteiger partial charge in [0.25, 0.3) is 5.91 Å². The summed E-state index contributed by atoms with van der Waals surface area (Å²) in [7, 11) is 0. The third kappa shape index (κ3) is 2.84. The maximum atomic E-state index is 12.3. The number of fused-ring (bicyclic) bond motifs is 3. The number of carbonyl (C=O) groups is 1. The van der Waals surface area contributed by atoms with Crippen molar-refractivity contribution < 1.29 is 9.53 Å². The molecule has 2 N–H and O–H groups in total. The Labute approximate surface area is 141 Å². The maximum Gasteiger partial charge on any atom is 0.260 e. The summed E-state index contributed by atoms with van der Waals surface area (Å²) in [5.74, 6) is 0.682. The van der Waals surface area contributed by atoms with Gasteiger partial charge in [0.1, 0.15) is 5.75 Å². The van der Waals surface area contributed by atoms with Gasteiger partial charge in [-0.25, -0.2) is 0 Å². The number of ether oxygens (including phenoxy) is 1. The molecule has 0 aliphatic heterocycles. The predicted molar refractivity (Wildman–Crippen MR) is 96.3 cm³/mol. The van der Waals surface area contributed by atoms with E-state index in [-0.39, 0.29) is 5.91 Å². The molecule has 1 heterocycles. The fourth-order valence-corrected chi connectivity index (χ4v) is 3.55. The van der Waals surface area contributed by atoms with Crippen molar-refractivity contribution in [2.24, 2.45) is 0 Å². The van der Waals surface area contributed by atoms with Gasteiger partial charge in [-0.05, 0) is 38.0 Å². The van der Waals surface area contributed by atoms with Gasteiger partial charge in [-0.15, -0.1) is 0 Å². The first-order valence-electron chi connectivity index (χ1n) is 8.68. The summed E-state index contributed by atoms with van der Waals surface area (Å²) in [6.45, 7) is 1.81. The number of benzene rings is 2. The van der Waals surface area contributed by atoms with Crippen molar-refractivity contribution in [1.29, 1.82) is 0 Å². The van der Waals surface area contributed by atoms with Crippen LogP contribution in [0.4, 0.5) is 0 Å². The first-order chi connectivity index (χ1) is 11.7. The van der Waals surface area contributed by atoms with Gasteiger partial charge in [-0.3, -0.25) is 4.79 Å². The Kier molecular flexibility index (Phi) is 3.89. The smallest absolute Gasteiger partial charge is 0.260 e. The molecule has 124 valence electrons. The molecule has 24 heavy (non-hydrogen) atoms. The van der Waals surface area contributed by atoms with Crippen molar-refractivity contribution in [3.8, 4) is 5.75 Å². The average Bonchev–Trinajstić information content (AvgIpc) is 3.21. The van der Waals surface area contributed by atoms with E-state index in [1.165, 1.54) is 23.6 Å². The van der Waals surface area contributed by atoms with Crippen LogP contribution >= 0.6 is 0 Å². The van der Waals surface area contributed by atoms with E-state index in [2.05, 4.69) is 22.4 Å². The highest BCUT2D eigenvalue weighted by molar-refractivity contribution is 6.07. The molecule has 2 aromatic carbocycles. The Morgan fingerprint density at radius 1 is 1.12 bits per heavy atom. The van der Waals surface area contributed by atoms with Crippen molar-refractivity contribution in [2.75, 3.05) is 0 Å². The summed E-state index contributed by atoms with van der Waals surface area (Å²) in [4.78, 5) is 15.7. The lowest BCUT2D eigenvalue weighted by atomic mass is 10.1. The maximum absolute atomic E-state index is 12.3. The minimum atomic E-state index is -0.493. The Morgan fingerprint density at radius 3 is 2.71 bits per heavy atom. The van der Waals surface area contributed by atoms with Gasteiger partial charge < -0.3 is 15.0 Å². The summed E-state index contributed by atoms with van der Waals surface area (Å²) < 4.78 is 5.86. The number of rotatable bonds is 4. The van der Waals surface area contributed by atoms with Crippen LogP contribution in [0.1, 0.15) is 32.6 Å². The molecule has 1 fully saturated rings. The number of aromatic amines is 1. The molecule has 0 unspecified atom stereocenters. The zero-order valence-electron chi connectivity index (χ0n) is 13.8. The number of nitrogens with one attached hydrogen (secondary N) is 2. The third-order valence-corrected chi connectivity index (χ3v) is 4.86. The van der Waals surface area contributed by atoms with Crippen LogP contribution in [-0.4, -0.2) is 23.0 Å². The van der Waals surface area contributed by atoms with E-state index in [1.54, 1.807) is 6.92 Å². The molecule has 0 radical (unpaired) electrons. The minimum Gasteiger partial charge on any atom is -0.481 e. The number of aromatic nitrogens is 1. The van der Waals surface area contributed by atoms with Gasteiger partial charge in [-0.2, -0.15) is 0 Å². The van der Waals surface area contributed by atoms with Gasteiger partial charge >= 0.3 is 0 Å². The van der Waals surface area contributed by atoms with Crippen molar-refractivity contribution in [2.45, 2.75) is 44.8 Å². The average molecular weight is 322 g/mol. The molecule has 0 bridgehead atoms. The van der Waals surface area contributed by atoms with Crippen molar-refractivity contribution >= 4 is 27.7 Å². The molecule has 1 aromatic heterocycles. The van der Waals surface area contributed by atoms with Gasteiger partial charge in [0.2, 0.25) is 0 Å². The SMILES string of the molecule is C[C@@H](Oc1ccc2c(c1)[nH]c1ccccc12)C(=O)NC1CCCC1. The molecule has 1 atom stereocenters. The summed E-state index contributed by atoms with van der Waals surface area (Å²) in [6, 6.07) is 14.5. The highest BCUT2D eigenvalue weighted by Crippen LogP contribution is 2.28. The Bertz CT molecular complexity index is 878. The van der Waals surface area contributed by atoms with Gasteiger partial charge in [0, 0.05) is 28.4 Å². The normalized spacial score (nSPS) is 16.5. The number of para-hydroxylation sites is 1. The minimum absolute atomic E-state index is 0.0290. The molecule has 0 spiro atoms. The molecule has 4 nitrogen and oxygen atoms in total. The standard InChI is InChI=1S/C20H22N2O2/c1-13(20(23)21-14-6-2-3-7-14)24-15-10-11-17-16-8-4-5-9-18(16)22-19(17)12-15/h4-5,8-14,22H,2-3,6-7H2,1H3,(H,21,23)/t13-/m1/s1. The number of hydrogen-bond donors (Lipinski definition) is 2. The molecule has 1 aliphatic carbocycles. The quantitative estimate of drug-likeness (QED) is 0.758. The van der Waals surface area contributed by atoms with Crippen molar-refractivity contribution in [1.82, 2.24) is 10.3 Å². The summed E-state index contributed by atoms with van der Waals surface area (Å²) in [5, 5.41) is 5.45. The van der Waals surface area contributed by atoms with Crippen LogP contribution < -0.4 is 10.1 Å². The lowest BCUT2D eigenvalue weighted by Crippen LogP contribution is -2.41. The molecule has 1 amide bonds. The molecular weight excluding hydrogens is 300 g/mol. The second kappa shape index (κ2) is 6.19. The summed E-state index contributed by atoms with van der Waals surface area (Å²) in [5.41, 5.74) is 2.13. The van der Waals surface area contributed by atoms with Gasteiger partial charge in [-0.1, -0.05) is 31.0 Å². The second-order valence-electron chi connectivity index (χ2n) is 6.63. The zero-order chi connectivity index (χ0) is 16.5. The van der Waals surface area contributed by atoms with Crippen LogP contribution in [0.25, 0.3) is 21.8 Å². The Morgan fingerprint density at radius 2 is 1.88 bits per heavy atom. The zero-order valence-corrected chi connectivity index (χ0v) is 13.8. The van der Waals surface area contributed by atoms with E-state index in [0.29, 0.717) is 11.8 Å². The van der Waals surface area contributed by atoms with Crippen LogP contribution in [0, 0.1) is 0 Å². The fourth-order valence-electron chi connectivity index (χ4n) is 3.55. The third-order valence-electron chi connectivity index (χ3n) is 4.86. The van der Waals surface area contributed by atoms with E-state index >= 15 is 0 Å². The molecular formula is C20H22N2O2. The van der Waals surface area contributed by atoms with Crippen LogP contribution in [0.2, 0.25) is 0 Å². The second-order valence-corrected chi connectivity index (χ2v) is 6.63. The van der Waals surface area contributed by atoms with Crippen LogP contribution in [0.5, 0.6) is 5.75 Å². The topological polar surface area (TPSA) is 54.1 Å². The number of H-pyrrole nitrogens is 1. The molecule has 3 aromatic rings. The lowest BCUT2D eigenvalue weighted by Gasteiger charge is -2.18. The monoisotopic (exact) mass is 322 g/mol. The number of hydrogen-bond acceptors (Lipinski definition) is 2. The highest BCUT2D eigenvalue weighted by Gasteiger charge is 2.21. The van der Waals surface area contributed by atoms with Gasteiger partial charge in [0.05, 0.1) is 5.52 Å². The number of carbonyl (C=O) groups excluding carboxylic acids is 1. The molecule has 1 saturated carbocycles. The fraction of sp³-hybridized carbons (Fsp3) is 0.350. The molecule has 4 rings (SSSR count). The first kappa shape index (κ1) is 15.1. The van der Waals surface area contributed by atoms with Crippen LogP contribution in [0.15, 0.2) is 42.5 Å². The Hall–Kier alpha value is -2.49.